The van der Waals surface area contributed by atoms with E-state index >= 15 is 0 Å². The summed E-state index contributed by atoms with van der Waals surface area (Å²) < 4.78 is 40.9. The molecule has 2 aromatic heterocycles. The number of nitrogens with one attached hydrogen (secondary N) is 1. The van der Waals surface area contributed by atoms with Crippen molar-refractivity contribution in [2.75, 3.05) is 24.5 Å². The van der Waals surface area contributed by atoms with E-state index in [0.29, 0.717) is 24.4 Å². The Labute approximate surface area is 120 Å². The van der Waals surface area contributed by atoms with Crippen molar-refractivity contribution in [3.8, 4) is 0 Å². The summed E-state index contributed by atoms with van der Waals surface area (Å²) in [5.41, 5.74) is -0.322. The molecule has 1 fully saturated rings. The van der Waals surface area contributed by atoms with Crippen LogP contribution < -0.4 is 10.2 Å². The number of anilines is 1. The van der Waals surface area contributed by atoms with Gasteiger partial charge in [-0.1, -0.05) is 0 Å². The Bertz CT molecular complexity index is 660. The first-order valence-electron chi connectivity index (χ1n) is 6.80. The third-order valence-corrected chi connectivity index (χ3v) is 3.72. The first kappa shape index (κ1) is 14.2. The number of imidazole rings is 1. The minimum absolute atomic E-state index is 0.139. The minimum atomic E-state index is -4.36. The Morgan fingerprint density at radius 3 is 2.71 bits per heavy atom. The molecule has 0 spiro atoms. The average Bonchev–Trinajstić information content (AvgIpc) is 2.83. The zero-order valence-corrected chi connectivity index (χ0v) is 11.9. The predicted molar refractivity (Wildman–Crippen MR) is 74.5 cm³/mol. The Morgan fingerprint density at radius 2 is 2.05 bits per heavy atom. The number of nitrogens with zero attached hydrogens (tertiary/aromatic N) is 3. The summed E-state index contributed by atoms with van der Waals surface area (Å²) >= 11 is 0. The van der Waals surface area contributed by atoms with E-state index < -0.39 is 11.7 Å². The van der Waals surface area contributed by atoms with Crippen molar-refractivity contribution in [1.82, 2.24) is 14.7 Å². The number of fused-ring (bicyclic) bond motifs is 1. The molecule has 1 N–H and O–H groups in total. The van der Waals surface area contributed by atoms with Gasteiger partial charge in [0.05, 0.1) is 17.3 Å². The second-order valence-corrected chi connectivity index (χ2v) is 6.02. The first-order chi connectivity index (χ1) is 9.76. The van der Waals surface area contributed by atoms with Gasteiger partial charge in [0.25, 0.3) is 0 Å². The summed E-state index contributed by atoms with van der Waals surface area (Å²) in [7, 11) is 0. The number of rotatable bonds is 1. The Morgan fingerprint density at radius 1 is 1.29 bits per heavy atom. The van der Waals surface area contributed by atoms with Crippen LogP contribution in [0.25, 0.3) is 5.52 Å². The molecule has 0 amide bonds. The third-order valence-electron chi connectivity index (χ3n) is 3.72. The molecule has 0 aromatic carbocycles. The predicted octanol–water partition coefficient (Wildman–Crippen LogP) is 2.54. The molecule has 0 bridgehead atoms. The molecular weight excluding hydrogens is 281 g/mol. The fourth-order valence-electron chi connectivity index (χ4n) is 2.76. The quantitative estimate of drug-likeness (QED) is 0.878. The molecule has 0 unspecified atom stereocenters. The smallest absolute Gasteiger partial charge is 0.355 e. The van der Waals surface area contributed by atoms with Gasteiger partial charge in [0.2, 0.25) is 0 Å². The van der Waals surface area contributed by atoms with Gasteiger partial charge in [0, 0.05) is 25.2 Å². The van der Waals surface area contributed by atoms with Gasteiger partial charge in [0.1, 0.15) is 12.1 Å². The lowest BCUT2D eigenvalue weighted by Crippen LogP contribution is -2.57. The second kappa shape index (κ2) is 4.62. The molecule has 21 heavy (non-hydrogen) atoms. The average molecular weight is 298 g/mol. The number of alkyl halides is 3. The molecule has 0 radical (unpaired) electrons. The summed E-state index contributed by atoms with van der Waals surface area (Å²) in [6.45, 7) is 6.12. The normalized spacial score (nSPS) is 19.2. The number of hydrogen-bond donors (Lipinski definition) is 1. The van der Waals surface area contributed by atoms with Crippen molar-refractivity contribution >= 4 is 11.3 Å². The van der Waals surface area contributed by atoms with Crippen LogP contribution in [0.15, 0.2) is 24.7 Å². The van der Waals surface area contributed by atoms with Gasteiger partial charge in [-0.25, -0.2) is 4.98 Å². The Hall–Kier alpha value is -1.76. The van der Waals surface area contributed by atoms with E-state index in [9.17, 15) is 13.2 Å². The zero-order valence-electron chi connectivity index (χ0n) is 11.9. The van der Waals surface area contributed by atoms with E-state index in [2.05, 4.69) is 10.3 Å². The maximum Gasteiger partial charge on any atom is 0.416 e. The molecular formula is C14H17F3N4. The molecule has 1 saturated heterocycles. The van der Waals surface area contributed by atoms with Crippen molar-refractivity contribution in [3.63, 3.8) is 0 Å². The molecule has 2 aromatic rings. The molecule has 0 saturated carbocycles. The van der Waals surface area contributed by atoms with Crippen molar-refractivity contribution in [2.24, 2.45) is 0 Å². The largest absolute Gasteiger partial charge is 0.416 e. The first-order valence-corrected chi connectivity index (χ1v) is 6.80. The van der Waals surface area contributed by atoms with Crippen LogP contribution in [0, 0.1) is 0 Å². The summed E-state index contributed by atoms with van der Waals surface area (Å²) in [6, 6.07) is 2.33. The zero-order chi connectivity index (χ0) is 15.3. The number of halogens is 3. The molecule has 3 rings (SSSR count). The van der Waals surface area contributed by atoms with Gasteiger partial charge in [-0.15, -0.1) is 0 Å². The van der Waals surface area contributed by atoms with E-state index in [1.807, 2.05) is 18.7 Å². The van der Waals surface area contributed by atoms with Crippen LogP contribution in [0.2, 0.25) is 0 Å². The maximum atomic E-state index is 13.1. The summed E-state index contributed by atoms with van der Waals surface area (Å²) in [5, 5.41) is 3.36. The second-order valence-electron chi connectivity index (χ2n) is 6.02. The standard InChI is InChI=1S/C14H17F3N4/c1-13(2)8-20(4-3-19-13)12-6-10(14(15,16)17)5-11-7-18-9-21(11)12/h5-7,9,19H,3-4,8H2,1-2H3. The van der Waals surface area contributed by atoms with Gasteiger partial charge in [-0.3, -0.25) is 4.40 Å². The number of pyridine rings is 1. The Balaban J connectivity index is 2.10. The van der Waals surface area contributed by atoms with E-state index in [4.69, 9.17) is 0 Å². The lowest BCUT2D eigenvalue weighted by atomic mass is 10.0. The highest BCUT2D eigenvalue weighted by Crippen LogP contribution is 2.33. The number of hydrogen-bond acceptors (Lipinski definition) is 3. The van der Waals surface area contributed by atoms with Crippen LogP contribution in [0.5, 0.6) is 0 Å². The molecule has 1 aliphatic heterocycles. The molecule has 0 atom stereocenters. The fraction of sp³-hybridized carbons (Fsp3) is 0.500. The molecule has 7 heteroatoms. The summed E-state index contributed by atoms with van der Waals surface area (Å²) in [6.07, 6.45) is -1.35. The SMILES string of the molecule is CC1(C)CN(c2cc(C(F)(F)F)cc3cncn23)CCN1. The van der Waals surface area contributed by atoms with Crippen LogP contribution in [0.3, 0.4) is 0 Å². The van der Waals surface area contributed by atoms with Crippen molar-refractivity contribution in [1.29, 1.82) is 0 Å². The highest BCUT2D eigenvalue weighted by atomic mass is 19.4. The van der Waals surface area contributed by atoms with Crippen LogP contribution in [0.1, 0.15) is 19.4 Å². The summed E-state index contributed by atoms with van der Waals surface area (Å²) in [5.74, 6) is 0.534. The highest BCUT2D eigenvalue weighted by Gasteiger charge is 2.33. The van der Waals surface area contributed by atoms with Crippen LogP contribution in [0.4, 0.5) is 19.0 Å². The van der Waals surface area contributed by atoms with E-state index in [0.717, 1.165) is 12.6 Å². The molecule has 1 aliphatic rings. The molecule has 114 valence electrons. The summed E-state index contributed by atoms with van der Waals surface area (Å²) in [4.78, 5) is 5.94. The van der Waals surface area contributed by atoms with Gasteiger partial charge in [-0.05, 0) is 26.0 Å². The molecule has 4 nitrogen and oxygen atoms in total. The lowest BCUT2D eigenvalue weighted by molar-refractivity contribution is -0.137. The topological polar surface area (TPSA) is 32.6 Å². The van der Waals surface area contributed by atoms with Crippen LogP contribution >= 0.6 is 0 Å². The highest BCUT2D eigenvalue weighted by molar-refractivity contribution is 5.58. The number of aromatic nitrogens is 2. The van der Waals surface area contributed by atoms with E-state index in [1.165, 1.54) is 12.3 Å². The van der Waals surface area contributed by atoms with Crippen molar-refractivity contribution in [2.45, 2.75) is 25.6 Å². The lowest BCUT2D eigenvalue weighted by Gasteiger charge is -2.40. The van der Waals surface area contributed by atoms with E-state index in [1.54, 1.807) is 10.7 Å². The van der Waals surface area contributed by atoms with E-state index in [-0.39, 0.29) is 5.54 Å². The van der Waals surface area contributed by atoms with Crippen LogP contribution in [-0.4, -0.2) is 34.6 Å². The van der Waals surface area contributed by atoms with Crippen molar-refractivity contribution < 1.29 is 13.2 Å². The van der Waals surface area contributed by atoms with Gasteiger partial charge in [-0.2, -0.15) is 13.2 Å². The maximum absolute atomic E-state index is 13.1. The van der Waals surface area contributed by atoms with Gasteiger partial charge < -0.3 is 10.2 Å². The van der Waals surface area contributed by atoms with Crippen molar-refractivity contribution in [3.05, 3.63) is 30.2 Å². The Kier molecular flexibility index (Phi) is 3.12. The molecule has 0 aliphatic carbocycles. The minimum Gasteiger partial charge on any atom is -0.355 e. The third kappa shape index (κ3) is 2.70. The fourth-order valence-corrected chi connectivity index (χ4v) is 2.76. The van der Waals surface area contributed by atoms with Gasteiger partial charge >= 0.3 is 6.18 Å². The van der Waals surface area contributed by atoms with Crippen LogP contribution in [-0.2, 0) is 6.18 Å². The number of piperazine rings is 1. The molecule has 3 heterocycles. The monoisotopic (exact) mass is 298 g/mol. The van der Waals surface area contributed by atoms with Gasteiger partial charge in [0.15, 0.2) is 0 Å².